The fraction of sp³-hybridized carbons (Fsp3) is 0.320. The van der Waals surface area contributed by atoms with Gasteiger partial charge < -0.3 is 20.3 Å². The fourth-order valence-corrected chi connectivity index (χ4v) is 4.75. The number of nitrogens with two attached hydrogens (primary N) is 1. The summed E-state index contributed by atoms with van der Waals surface area (Å²) in [5, 5.41) is 9.99. The number of rotatable bonds is 11. The predicted octanol–water partition coefficient (Wildman–Crippen LogP) is 5.15. The Hall–Kier alpha value is -2.38. The highest BCUT2D eigenvalue weighted by Gasteiger charge is 2.17. The zero-order valence-corrected chi connectivity index (χ0v) is 19.8. The Morgan fingerprint density at radius 2 is 1.97 bits per heavy atom. The fourth-order valence-electron chi connectivity index (χ4n) is 3.38. The molecular weight excluding hydrogens is 446 g/mol. The van der Waals surface area contributed by atoms with Crippen molar-refractivity contribution in [2.75, 3.05) is 20.3 Å². The van der Waals surface area contributed by atoms with Crippen molar-refractivity contribution in [3.05, 3.63) is 68.9 Å². The molecule has 3 N–H and O–H groups in total. The number of halogens is 1. The molecule has 3 rings (SSSR count). The van der Waals surface area contributed by atoms with Crippen LogP contribution in [0.15, 0.2) is 48.5 Å². The lowest BCUT2D eigenvalue weighted by molar-refractivity contribution is 0.0986. The van der Waals surface area contributed by atoms with Crippen LogP contribution in [-0.2, 0) is 12.8 Å². The molecular formula is C25H28ClNO4S. The Bertz CT molecular complexity index is 1050. The van der Waals surface area contributed by atoms with Crippen molar-refractivity contribution in [1.29, 1.82) is 0 Å². The van der Waals surface area contributed by atoms with E-state index in [1.165, 1.54) is 12.0 Å². The molecule has 0 bridgehead atoms. The second kappa shape index (κ2) is 11.5. The number of thiophene rings is 1. The molecule has 0 spiro atoms. The number of carbonyl (C=O) groups excluding carboxylic acids is 1. The van der Waals surface area contributed by atoms with E-state index in [-0.39, 0.29) is 18.9 Å². The molecule has 0 aliphatic heterocycles. The SMILES string of the molecule is CCc1sc(C(=O)CCc2cc(Cl)c(OCC(O)CN)c(OC)c2)cc1-c1ccccc1. The standard InChI is InChI=1S/C25H28ClNO4S/c1-3-23-19(17-7-5-4-6-8-17)13-24(32-23)21(29)10-9-16-11-20(26)25(22(12-16)30-2)31-15-18(28)14-27/h4-8,11-13,18,28H,3,9-10,14-15,27H2,1-2H3. The number of benzene rings is 2. The zero-order chi connectivity index (χ0) is 23.1. The van der Waals surface area contributed by atoms with E-state index < -0.39 is 6.10 Å². The molecule has 7 heteroatoms. The second-order valence-electron chi connectivity index (χ2n) is 7.40. The van der Waals surface area contributed by atoms with Gasteiger partial charge in [-0.2, -0.15) is 0 Å². The van der Waals surface area contributed by atoms with Crippen LogP contribution in [0.1, 0.15) is 33.5 Å². The predicted molar refractivity (Wildman–Crippen MR) is 130 cm³/mol. The van der Waals surface area contributed by atoms with Gasteiger partial charge in [-0.05, 0) is 47.7 Å². The maximum absolute atomic E-state index is 12.9. The molecule has 5 nitrogen and oxygen atoms in total. The van der Waals surface area contributed by atoms with Gasteiger partial charge >= 0.3 is 0 Å². The van der Waals surface area contributed by atoms with E-state index in [2.05, 4.69) is 19.1 Å². The molecule has 170 valence electrons. The van der Waals surface area contributed by atoms with Crippen LogP contribution >= 0.6 is 22.9 Å². The van der Waals surface area contributed by atoms with Crippen molar-refractivity contribution >= 4 is 28.7 Å². The number of Topliss-reactive ketones (excluding diaryl/α,β-unsaturated/α-hetero) is 1. The Morgan fingerprint density at radius 3 is 2.62 bits per heavy atom. The molecule has 1 heterocycles. The number of hydrogen-bond donors (Lipinski definition) is 2. The third kappa shape index (κ3) is 5.90. The minimum Gasteiger partial charge on any atom is -0.493 e. The molecule has 0 amide bonds. The van der Waals surface area contributed by atoms with Crippen LogP contribution in [0.5, 0.6) is 11.5 Å². The second-order valence-corrected chi connectivity index (χ2v) is 8.94. The summed E-state index contributed by atoms with van der Waals surface area (Å²) in [5.74, 6) is 0.920. The minimum atomic E-state index is -0.785. The first-order valence-electron chi connectivity index (χ1n) is 10.5. The lowest BCUT2D eigenvalue weighted by atomic mass is 10.0. The summed E-state index contributed by atoms with van der Waals surface area (Å²) in [6.07, 6.45) is 0.993. The van der Waals surface area contributed by atoms with E-state index in [1.807, 2.05) is 30.3 Å². The molecule has 0 saturated carbocycles. The van der Waals surface area contributed by atoms with Crippen molar-refractivity contribution in [2.45, 2.75) is 32.3 Å². The van der Waals surface area contributed by atoms with Crippen LogP contribution in [0.25, 0.3) is 11.1 Å². The van der Waals surface area contributed by atoms with Gasteiger partial charge in [0.25, 0.3) is 0 Å². The molecule has 1 unspecified atom stereocenters. The number of ketones is 1. The normalized spacial score (nSPS) is 11.9. The largest absolute Gasteiger partial charge is 0.493 e. The lowest BCUT2D eigenvalue weighted by Crippen LogP contribution is -2.26. The van der Waals surface area contributed by atoms with E-state index in [1.54, 1.807) is 17.4 Å². The van der Waals surface area contributed by atoms with E-state index in [0.29, 0.717) is 29.4 Å². The van der Waals surface area contributed by atoms with Gasteiger partial charge in [0.2, 0.25) is 0 Å². The first kappa shape index (κ1) is 24.3. The maximum atomic E-state index is 12.9. The molecule has 0 aliphatic carbocycles. The summed E-state index contributed by atoms with van der Waals surface area (Å²) >= 11 is 7.95. The molecule has 0 saturated heterocycles. The van der Waals surface area contributed by atoms with Crippen molar-refractivity contribution in [2.24, 2.45) is 5.73 Å². The number of methoxy groups -OCH3 is 1. The molecule has 2 aromatic carbocycles. The molecule has 1 aromatic heterocycles. The van der Waals surface area contributed by atoms with Crippen LogP contribution in [0.2, 0.25) is 5.02 Å². The summed E-state index contributed by atoms with van der Waals surface area (Å²) in [6, 6.07) is 15.7. The number of aliphatic hydroxyl groups is 1. The monoisotopic (exact) mass is 473 g/mol. The first-order chi connectivity index (χ1) is 15.5. The van der Waals surface area contributed by atoms with Gasteiger partial charge in [0.05, 0.1) is 17.0 Å². The van der Waals surface area contributed by atoms with Crippen molar-refractivity contribution < 1.29 is 19.4 Å². The number of aliphatic hydroxyl groups excluding tert-OH is 1. The van der Waals surface area contributed by atoms with Gasteiger partial charge in [0, 0.05) is 17.8 Å². The molecule has 0 fully saturated rings. The molecule has 1 atom stereocenters. The quantitative estimate of drug-likeness (QED) is 0.376. The van der Waals surface area contributed by atoms with Gasteiger partial charge in [0.1, 0.15) is 12.7 Å². The minimum absolute atomic E-state index is 0.0201. The summed E-state index contributed by atoms with van der Waals surface area (Å²) in [5.41, 5.74) is 8.55. The van der Waals surface area contributed by atoms with Gasteiger partial charge in [-0.1, -0.05) is 48.9 Å². The topological polar surface area (TPSA) is 81.8 Å². The Kier molecular flexibility index (Phi) is 8.70. The van der Waals surface area contributed by atoms with Gasteiger partial charge in [-0.25, -0.2) is 0 Å². The summed E-state index contributed by atoms with van der Waals surface area (Å²) in [4.78, 5) is 14.9. The zero-order valence-electron chi connectivity index (χ0n) is 18.3. The molecule has 32 heavy (non-hydrogen) atoms. The average molecular weight is 474 g/mol. The van der Waals surface area contributed by atoms with E-state index >= 15 is 0 Å². The van der Waals surface area contributed by atoms with Crippen LogP contribution in [0.4, 0.5) is 0 Å². The number of ether oxygens (including phenoxy) is 2. The number of aryl methyl sites for hydroxylation is 2. The van der Waals surface area contributed by atoms with Crippen LogP contribution in [0, 0.1) is 0 Å². The van der Waals surface area contributed by atoms with Crippen LogP contribution < -0.4 is 15.2 Å². The summed E-state index contributed by atoms with van der Waals surface area (Å²) in [6.45, 7) is 2.22. The van der Waals surface area contributed by atoms with E-state index in [0.717, 1.165) is 28.0 Å². The first-order valence-corrected chi connectivity index (χ1v) is 11.7. The highest BCUT2D eigenvalue weighted by molar-refractivity contribution is 7.14. The Balaban J connectivity index is 1.72. The number of carbonyl (C=O) groups is 1. The Labute approximate surface area is 197 Å². The molecule has 0 radical (unpaired) electrons. The van der Waals surface area contributed by atoms with Gasteiger partial charge in [0.15, 0.2) is 17.3 Å². The van der Waals surface area contributed by atoms with Gasteiger partial charge in [-0.15, -0.1) is 11.3 Å². The van der Waals surface area contributed by atoms with Crippen molar-refractivity contribution in [1.82, 2.24) is 0 Å². The van der Waals surface area contributed by atoms with Crippen molar-refractivity contribution in [3.63, 3.8) is 0 Å². The van der Waals surface area contributed by atoms with Crippen LogP contribution in [0.3, 0.4) is 0 Å². The van der Waals surface area contributed by atoms with E-state index in [9.17, 15) is 9.90 Å². The maximum Gasteiger partial charge on any atom is 0.179 e. The third-order valence-electron chi connectivity index (χ3n) is 5.11. The third-order valence-corrected chi connectivity index (χ3v) is 6.71. The highest BCUT2D eigenvalue weighted by atomic mass is 35.5. The molecule has 0 aliphatic rings. The smallest absolute Gasteiger partial charge is 0.179 e. The highest BCUT2D eigenvalue weighted by Crippen LogP contribution is 2.37. The van der Waals surface area contributed by atoms with Crippen LogP contribution in [-0.4, -0.2) is 37.3 Å². The average Bonchev–Trinajstić information content (AvgIpc) is 3.26. The molecule has 3 aromatic rings. The van der Waals surface area contributed by atoms with E-state index in [4.69, 9.17) is 26.8 Å². The summed E-state index contributed by atoms with van der Waals surface area (Å²) < 4.78 is 11.0. The Morgan fingerprint density at radius 1 is 1.22 bits per heavy atom. The lowest BCUT2D eigenvalue weighted by Gasteiger charge is -2.16. The van der Waals surface area contributed by atoms with Crippen molar-refractivity contribution in [3.8, 4) is 22.6 Å². The number of hydrogen-bond acceptors (Lipinski definition) is 6. The van der Waals surface area contributed by atoms with Gasteiger partial charge in [-0.3, -0.25) is 4.79 Å². The summed E-state index contributed by atoms with van der Waals surface area (Å²) in [7, 11) is 1.52.